The first-order chi connectivity index (χ1) is 17.4. The summed E-state index contributed by atoms with van der Waals surface area (Å²) in [5.74, 6) is 0.170. The molecule has 1 unspecified atom stereocenters. The molecule has 1 aliphatic heterocycles. The lowest BCUT2D eigenvalue weighted by atomic mass is 9.85. The standard InChI is InChI=1S/C28H23Cl2N3O2S/c1-17-24(27(34)33-22-11-7-8-12-23(22)35-3)25(20-14-13-19(29)15-21(20)30)26(31-2)28(32-17)36-16-18-9-5-4-6-10-18/h4-15,25,32H,16H2,1,3H3,(H,33,34). The minimum absolute atomic E-state index is 0.353. The average Bonchev–Trinajstić information content (AvgIpc) is 2.88. The largest absolute Gasteiger partial charge is 0.495 e. The number of anilines is 1. The summed E-state index contributed by atoms with van der Waals surface area (Å²) >= 11 is 14.3. The second kappa shape index (κ2) is 11.6. The SMILES string of the molecule is [C-]#[N+]C1=C(SCc2ccccc2)NC(C)=C(C(=O)Nc2ccccc2OC)C1c1ccc(Cl)cc1Cl. The van der Waals surface area contributed by atoms with E-state index in [9.17, 15) is 4.79 Å². The Morgan fingerprint density at radius 3 is 2.53 bits per heavy atom. The fourth-order valence-electron chi connectivity index (χ4n) is 4.02. The molecule has 0 saturated carbocycles. The van der Waals surface area contributed by atoms with Crippen LogP contribution >= 0.6 is 35.0 Å². The molecular formula is C28H23Cl2N3O2S. The van der Waals surface area contributed by atoms with Gasteiger partial charge in [0.15, 0.2) is 0 Å². The molecule has 1 heterocycles. The quantitative estimate of drug-likeness (QED) is 0.305. The minimum Gasteiger partial charge on any atom is -0.495 e. The highest BCUT2D eigenvalue weighted by atomic mass is 35.5. The first-order valence-corrected chi connectivity index (χ1v) is 12.8. The van der Waals surface area contributed by atoms with Crippen LogP contribution in [0.5, 0.6) is 5.75 Å². The van der Waals surface area contributed by atoms with Crippen LogP contribution in [-0.4, -0.2) is 13.0 Å². The van der Waals surface area contributed by atoms with E-state index < -0.39 is 5.92 Å². The van der Waals surface area contributed by atoms with Crippen molar-refractivity contribution in [2.45, 2.75) is 18.6 Å². The molecule has 3 aromatic rings. The Labute approximate surface area is 225 Å². The number of nitrogens with zero attached hydrogens (tertiary/aromatic N) is 1. The summed E-state index contributed by atoms with van der Waals surface area (Å²) in [5, 5.41) is 7.81. The molecule has 1 amide bonds. The van der Waals surface area contributed by atoms with Gasteiger partial charge in [0.1, 0.15) is 5.75 Å². The highest BCUT2D eigenvalue weighted by Crippen LogP contribution is 2.45. The lowest BCUT2D eigenvalue weighted by Gasteiger charge is -2.30. The van der Waals surface area contributed by atoms with Crippen LogP contribution < -0.4 is 15.4 Å². The molecule has 0 aromatic heterocycles. The van der Waals surface area contributed by atoms with Gasteiger partial charge in [0.25, 0.3) is 5.91 Å². The number of dihydropyridines is 1. The molecule has 5 nitrogen and oxygen atoms in total. The van der Waals surface area contributed by atoms with E-state index in [2.05, 4.69) is 15.5 Å². The van der Waals surface area contributed by atoms with Gasteiger partial charge in [0.2, 0.25) is 5.70 Å². The summed E-state index contributed by atoms with van der Waals surface area (Å²) in [6.07, 6.45) is 0. The molecule has 0 aliphatic carbocycles. The van der Waals surface area contributed by atoms with Crippen LogP contribution in [0.15, 0.2) is 94.8 Å². The number of para-hydroxylation sites is 2. The van der Waals surface area contributed by atoms with Crippen LogP contribution in [0, 0.1) is 6.57 Å². The van der Waals surface area contributed by atoms with E-state index in [0.29, 0.717) is 54.8 Å². The fraction of sp³-hybridized carbons (Fsp3) is 0.143. The highest BCUT2D eigenvalue weighted by Gasteiger charge is 2.36. The van der Waals surface area contributed by atoms with Crippen molar-refractivity contribution in [3.63, 3.8) is 0 Å². The topological polar surface area (TPSA) is 54.7 Å². The van der Waals surface area contributed by atoms with Crippen LogP contribution in [0.3, 0.4) is 0 Å². The molecular weight excluding hydrogens is 513 g/mol. The molecule has 2 N–H and O–H groups in total. The molecule has 0 spiro atoms. The number of halogens is 2. The van der Waals surface area contributed by atoms with Gasteiger partial charge in [-0.25, -0.2) is 4.85 Å². The number of carbonyl (C=O) groups is 1. The minimum atomic E-state index is -0.679. The number of allylic oxidation sites excluding steroid dienone is 2. The molecule has 0 bridgehead atoms. The van der Waals surface area contributed by atoms with Crippen molar-refractivity contribution in [2.24, 2.45) is 0 Å². The molecule has 0 radical (unpaired) electrons. The molecule has 8 heteroatoms. The zero-order chi connectivity index (χ0) is 25.7. The van der Waals surface area contributed by atoms with Crippen LogP contribution in [0.2, 0.25) is 10.0 Å². The number of hydrogen-bond donors (Lipinski definition) is 2. The van der Waals surface area contributed by atoms with Gasteiger partial charge in [0, 0.05) is 27.1 Å². The zero-order valence-electron chi connectivity index (χ0n) is 19.6. The number of thioether (sulfide) groups is 1. The van der Waals surface area contributed by atoms with Crippen molar-refractivity contribution in [1.29, 1.82) is 0 Å². The molecule has 1 atom stereocenters. The molecule has 0 fully saturated rings. The van der Waals surface area contributed by atoms with Gasteiger partial charge in [-0.2, -0.15) is 0 Å². The molecule has 36 heavy (non-hydrogen) atoms. The van der Waals surface area contributed by atoms with Gasteiger partial charge in [-0.1, -0.05) is 71.7 Å². The van der Waals surface area contributed by atoms with Crippen molar-refractivity contribution in [2.75, 3.05) is 12.4 Å². The predicted molar refractivity (Wildman–Crippen MR) is 148 cm³/mol. The van der Waals surface area contributed by atoms with Crippen LogP contribution in [0.25, 0.3) is 4.85 Å². The Kier molecular flexibility index (Phi) is 8.27. The molecule has 3 aromatic carbocycles. The fourth-order valence-corrected chi connectivity index (χ4v) is 5.58. The number of nitrogens with one attached hydrogen (secondary N) is 2. The first kappa shape index (κ1) is 25.7. The third kappa shape index (κ3) is 5.55. The first-order valence-electron chi connectivity index (χ1n) is 11.1. The van der Waals surface area contributed by atoms with Gasteiger partial charge in [-0.15, -0.1) is 11.8 Å². The maximum atomic E-state index is 13.7. The summed E-state index contributed by atoms with van der Waals surface area (Å²) < 4.78 is 5.39. The lowest BCUT2D eigenvalue weighted by Crippen LogP contribution is -2.30. The van der Waals surface area contributed by atoms with E-state index in [-0.39, 0.29) is 5.91 Å². The van der Waals surface area contributed by atoms with Gasteiger partial charge in [0.05, 0.1) is 30.3 Å². The van der Waals surface area contributed by atoms with Crippen molar-refractivity contribution in [3.05, 3.63) is 127 Å². The van der Waals surface area contributed by atoms with Crippen molar-refractivity contribution in [1.82, 2.24) is 5.32 Å². The number of ether oxygens (including phenoxy) is 1. The number of rotatable bonds is 7. The number of methoxy groups -OCH3 is 1. The van der Waals surface area contributed by atoms with Crippen molar-refractivity contribution >= 4 is 46.6 Å². The van der Waals surface area contributed by atoms with E-state index in [0.717, 1.165) is 5.56 Å². The van der Waals surface area contributed by atoms with Gasteiger partial charge >= 0.3 is 0 Å². The second-order valence-corrected chi connectivity index (χ2v) is 9.85. The maximum Gasteiger partial charge on any atom is 0.253 e. The monoisotopic (exact) mass is 535 g/mol. The molecule has 0 saturated heterocycles. The Morgan fingerprint density at radius 2 is 1.83 bits per heavy atom. The molecule has 182 valence electrons. The van der Waals surface area contributed by atoms with E-state index in [1.54, 1.807) is 37.4 Å². The summed E-state index contributed by atoms with van der Waals surface area (Å²) in [7, 11) is 1.55. The number of benzene rings is 3. The number of carbonyl (C=O) groups excluding carboxylic acids is 1. The van der Waals surface area contributed by atoms with E-state index in [1.807, 2.05) is 49.4 Å². The Balaban J connectivity index is 1.77. The second-order valence-electron chi connectivity index (χ2n) is 8.02. The van der Waals surface area contributed by atoms with Crippen LogP contribution in [0.4, 0.5) is 5.69 Å². The van der Waals surface area contributed by atoms with E-state index >= 15 is 0 Å². The Bertz CT molecular complexity index is 1400. The maximum absolute atomic E-state index is 13.7. The Morgan fingerprint density at radius 1 is 1.11 bits per heavy atom. The number of amides is 1. The smallest absolute Gasteiger partial charge is 0.253 e. The van der Waals surface area contributed by atoms with E-state index in [4.69, 9.17) is 34.5 Å². The number of hydrogen-bond acceptors (Lipinski definition) is 4. The summed E-state index contributed by atoms with van der Waals surface area (Å²) in [4.78, 5) is 17.6. The van der Waals surface area contributed by atoms with Gasteiger partial charge in [-0.3, -0.25) is 4.79 Å². The summed E-state index contributed by atoms with van der Waals surface area (Å²) in [6, 6.07) is 22.3. The van der Waals surface area contributed by atoms with Gasteiger partial charge in [-0.05, 0) is 42.3 Å². The Hall–Kier alpha value is -3.37. The van der Waals surface area contributed by atoms with Crippen LogP contribution in [0.1, 0.15) is 24.0 Å². The van der Waals surface area contributed by atoms with Crippen molar-refractivity contribution in [3.8, 4) is 5.75 Å². The summed E-state index contributed by atoms with van der Waals surface area (Å²) in [5.41, 5.74) is 3.74. The normalized spacial score (nSPS) is 15.2. The third-order valence-electron chi connectivity index (χ3n) is 5.72. The summed E-state index contributed by atoms with van der Waals surface area (Å²) in [6.45, 7) is 9.89. The zero-order valence-corrected chi connectivity index (χ0v) is 22.0. The third-order valence-corrected chi connectivity index (χ3v) is 7.36. The van der Waals surface area contributed by atoms with E-state index in [1.165, 1.54) is 11.8 Å². The highest BCUT2D eigenvalue weighted by molar-refractivity contribution is 8.02. The lowest BCUT2D eigenvalue weighted by molar-refractivity contribution is -0.113. The van der Waals surface area contributed by atoms with Crippen molar-refractivity contribution < 1.29 is 9.53 Å². The average molecular weight is 536 g/mol. The van der Waals surface area contributed by atoms with Crippen LogP contribution in [-0.2, 0) is 10.5 Å². The molecule has 1 aliphatic rings. The molecule has 4 rings (SSSR count). The predicted octanol–water partition coefficient (Wildman–Crippen LogP) is 7.62. The van der Waals surface area contributed by atoms with Gasteiger partial charge < -0.3 is 15.4 Å².